The summed E-state index contributed by atoms with van der Waals surface area (Å²) in [5, 5.41) is 0. The predicted octanol–water partition coefficient (Wildman–Crippen LogP) is 3.27. The van der Waals surface area contributed by atoms with Crippen LogP contribution in [0, 0.1) is 18.7 Å². The summed E-state index contributed by atoms with van der Waals surface area (Å²) in [7, 11) is 0. The molecule has 0 spiro atoms. The number of carbonyl (C=O) groups excluding carboxylic acids is 1. The number of carbonyl (C=O) groups is 1. The highest BCUT2D eigenvalue weighted by Crippen LogP contribution is 2.30. The van der Waals surface area contributed by atoms with E-state index in [1.54, 1.807) is 19.2 Å². The minimum absolute atomic E-state index is 0.0421. The Morgan fingerprint density at radius 2 is 2.12 bits per heavy atom. The maximum Gasteiger partial charge on any atom is 0.254 e. The Morgan fingerprint density at radius 1 is 1.23 bits per heavy atom. The van der Waals surface area contributed by atoms with E-state index in [2.05, 4.69) is 16.0 Å². The summed E-state index contributed by atoms with van der Waals surface area (Å²) in [5.41, 5.74) is 2.54. The molecule has 3 fully saturated rings. The number of hydrogen-bond acceptors (Lipinski definition) is 3. The smallest absolute Gasteiger partial charge is 0.254 e. The molecule has 26 heavy (non-hydrogen) atoms. The van der Waals surface area contributed by atoms with Crippen LogP contribution in [-0.2, 0) is 6.54 Å². The summed E-state index contributed by atoms with van der Waals surface area (Å²) in [6.45, 7) is 5.37. The van der Waals surface area contributed by atoms with E-state index in [1.807, 2.05) is 17.2 Å². The van der Waals surface area contributed by atoms with Gasteiger partial charge in [0.2, 0.25) is 0 Å². The summed E-state index contributed by atoms with van der Waals surface area (Å²) in [4.78, 5) is 21.8. The second-order valence-corrected chi connectivity index (χ2v) is 7.57. The molecule has 0 saturated carbocycles. The molecule has 0 unspecified atom stereocenters. The monoisotopic (exact) mass is 353 g/mol. The highest BCUT2D eigenvalue weighted by Gasteiger charge is 2.37. The van der Waals surface area contributed by atoms with Crippen LogP contribution in [0.25, 0.3) is 0 Å². The molecule has 3 aliphatic rings. The first-order chi connectivity index (χ1) is 12.6. The summed E-state index contributed by atoms with van der Waals surface area (Å²) in [5.74, 6) is 0.245. The van der Waals surface area contributed by atoms with Crippen molar-refractivity contribution in [3.8, 4) is 0 Å². The number of fused-ring (bicyclic) bond motifs is 4. The van der Waals surface area contributed by atoms with Gasteiger partial charge in [-0.2, -0.15) is 0 Å². The molecule has 136 valence electrons. The van der Waals surface area contributed by atoms with Crippen LogP contribution < -0.4 is 0 Å². The maximum absolute atomic E-state index is 13.4. The van der Waals surface area contributed by atoms with Crippen molar-refractivity contribution in [3.05, 3.63) is 65.2 Å². The van der Waals surface area contributed by atoms with E-state index >= 15 is 0 Å². The molecule has 2 bridgehead atoms. The van der Waals surface area contributed by atoms with Crippen molar-refractivity contribution in [1.82, 2.24) is 14.8 Å². The molecule has 2 atom stereocenters. The molecule has 0 N–H and O–H groups in total. The molecule has 1 amide bonds. The topological polar surface area (TPSA) is 36.4 Å². The van der Waals surface area contributed by atoms with Gasteiger partial charge < -0.3 is 4.90 Å². The Balaban J connectivity index is 1.52. The molecular formula is C21H24FN3O. The summed E-state index contributed by atoms with van der Waals surface area (Å²) in [6.07, 6.45) is 5.92. The van der Waals surface area contributed by atoms with Crippen LogP contribution in [0.3, 0.4) is 0 Å². The number of rotatable bonds is 3. The Hall–Kier alpha value is -2.27. The standard InChI is InChI=1S/C21H24FN3O/c1-15-9-18(22)5-7-20(15)21(26)25-13-17-4-6-19(25)14-24(12-17)11-16-3-2-8-23-10-16/h2-3,5,7-10,17,19H,4,6,11-14H2,1H3/t17-,19+/m0/s1. The number of aromatic nitrogens is 1. The molecule has 5 rings (SSSR count). The number of halogens is 1. The number of piperidine rings is 1. The first-order valence-corrected chi connectivity index (χ1v) is 9.28. The van der Waals surface area contributed by atoms with Gasteiger partial charge in [-0.05, 0) is 61.1 Å². The Morgan fingerprint density at radius 3 is 2.88 bits per heavy atom. The quantitative estimate of drug-likeness (QED) is 0.850. The Bertz CT molecular complexity index is 795. The van der Waals surface area contributed by atoms with Gasteiger partial charge in [-0.3, -0.25) is 14.7 Å². The van der Waals surface area contributed by atoms with Crippen molar-refractivity contribution < 1.29 is 9.18 Å². The van der Waals surface area contributed by atoms with Crippen LogP contribution in [-0.4, -0.2) is 46.4 Å². The van der Waals surface area contributed by atoms with Gasteiger partial charge in [-0.1, -0.05) is 6.07 Å². The van der Waals surface area contributed by atoms with Crippen molar-refractivity contribution in [2.24, 2.45) is 5.92 Å². The lowest BCUT2D eigenvalue weighted by Gasteiger charge is -2.36. The SMILES string of the molecule is Cc1cc(F)ccc1C(=O)N1C[C@H]2CC[C@@H]1CN(Cc1cccnc1)C2. The number of aryl methyl sites for hydroxylation is 1. The van der Waals surface area contributed by atoms with E-state index in [0.717, 1.165) is 32.6 Å². The van der Waals surface area contributed by atoms with Crippen LogP contribution in [0.1, 0.15) is 34.3 Å². The van der Waals surface area contributed by atoms with E-state index in [9.17, 15) is 9.18 Å². The third kappa shape index (κ3) is 3.49. The number of nitrogens with zero attached hydrogens (tertiary/aromatic N) is 3. The molecular weight excluding hydrogens is 329 g/mol. The van der Waals surface area contributed by atoms with Gasteiger partial charge in [0.15, 0.2) is 0 Å². The summed E-state index contributed by atoms with van der Waals surface area (Å²) >= 11 is 0. The van der Waals surface area contributed by atoms with Crippen molar-refractivity contribution in [3.63, 3.8) is 0 Å². The fraction of sp³-hybridized carbons (Fsp3) is 0.429. The molecule has 4 heterocycles. The third-order valence-electron chi connectivity index (χ3n) is 5.60. The van der Waals surface area contributed by atoms with E-state index in [-0.39, 0.29) is 17.8 Å². The molecule has 5 heteroatoms. The molecule has 0 radical (unpaired) electrons. The van der Waals surface area contributed by atoms with Crippen molar-refractivity contribution >= 4 is 5.91 Å². The summed E-state index contributed by atoms with van der Waals surface area (Å²) in [6, 6.07) is 8.74. The van der Waals surface area contributed by atoms with Gasteiger partial charge in [-0.25, -0.2) is 4.39 Å². The molecule has 0 aliphatic carbocycles. The van der Waals surface area contributed by atoms with E-state index in [0.29, 0.717) is 17.0 Å². The molecule has 3 saturated heterocycles. The second kappa shape index (κ2) is 7.16. The van der Waals surface area contributed by atoms with Gasteiger partial charge in [0, 0.05) is 50.2 Å². The molecule has 3 aliphatic heterocycles. The first kappa shape index (κ1) is 17.2. The molecule has 2 aromatic rings. The van der Waals surface area contributed by atoms with Gasteiger partial charge in [-0.15, -0.1) is 0 Å². The fourth-order valence-corrected chi connectivity index (χ4v) is 4.33. The van der Waals surface area contributed by atoms with Gasteiger partial charge in [0.1, 0.15) is 5.82 Å². The Kier molecular flexibility index (Phi) is 4.72. The van der Waals surface area contributed by atoms with Crippen molar-refractivity contribution in [1.29, 1.82) is 0 Å². The number of hydrogen-bond donors (Lipinski definition) is 0. The van der Waals surface area contributed by atoms with E-state index < -0.39 is 0 Å². The minimum atomic E-state index is -0.293. The zero-order valence-electron chi connectivity index (χ0n) is 15.1. The lowest BCUT2D eigenvalue weighted by Crippen LogP contribution is -2.47. The van der Waals surface area contributed by atoms with Crippen LogP contribution >= 0.6 is 0 Å². The molecule has 4 nitrogen and oxygen atoms in total. The molecule has 1 aromatic carbocycles. The van der Waals surface area contributed by atoms with E-state index in [1.165, 1.54) is 24.1 Å². The summed E-state index contributed by atoms with van der Waals surface area (Å²) < 4.78 is 13.4. The van der Waals surface area contributed by atoms with Gasteiger partial charge in [0.05, 0.1) is 0 Å². The predicted molar refractivity (Wildman–Crippen MR) is 98.2 cm³/mol. The highest BCUT2D eigenvalue weighted by molar-refractivity contribution is 5.96. The average Bonchev–Trinajstić information content (AvgIpc) is 2.92. The van der Waals surface area contributed by atoms with Gasteiger partial charge in [0.25, 0.3) is 5.91 Å². The third-order valence-corrected chi connectivity index (χ3v) is 5.60. The van der Waals surface area contributed by atoms with E-state index in [4.69, 9.17) is 0 Å². The lowest BCUT2D eigenvalue weighted by atomic mass is 9.94. The maximum atomic E-state index is 13.4. The van der Waals surface area contributed by atoms with Crippen LogP contribution in [0.15, 0.2) is 42.7 Å². The lowest BCUT2D eigenvalue weighted by molar-refractivity contribution is 0.0584. The average molecular weight is 353 g/mol. The number of pyridine rings is 1. The zero-order valence-corrected chi connectivity index (χ0v) is 15.1. The zero-order chi connectivity index (χ0) is 18.1. The number of benzene rings is 1. The normalized spacial score (nSPS) is 23.1. The highest BCUT2D eigenvalue weighted by atomic mass is 19.1. The first-order valence-electron chi connectivity index (χ1n) is 9.28. The Labute approximate surface area is 153 Å². The minimum Gasteiger partial charge on any atom is -0.334 e. The van der Waals surface area contributed by atoms with Crippen LogP contribution in [0.2, 0.25) is 0 Å². The van der Waals surface area contributed by atoms with Crippen LogP contribution in [0.4, 0.5) is 4.39 Å². The van der Waals surface area contributed by atoms with Crippen molar-refractivity contribution in [2.75, 3.05) is 19.6 Å². The fourth-order valence-electron chi connectivity index (χ4n) is 4.33. The van der Waals surface area contributed by atoms with Crippen LogP contribution in [0.5, 0.6) is 0 Å². The largest absolute Gasteiger partial charge is 0.334 e. The van der Waals surface area contributed by atoms with Gasteiger partial charge >= 0.3 is 0 Å². The molecule has 1 aromatic heterocycles. The van der Waals surface area contributed by atoms with Crippen molar-refractivity contribution in [2.45, 2.75) is 32.4 Å². The number of amides is 1. The second-order valence-electron chi connectivity index (χ2n) is 7.57.